The number of nitrogens with zero attached hydrogens (tertiary/aromatic N) is 6. The Morgan fingerprint density at radius 2 is 1.62 bits per heavy atom. The lowest BCUT2D eigenvalue weighted by Gasteiger charge is -2.40. The number of H-pyrrole nitrogens is 1. The number of benzene rings is 3. The fourth-order valence-electron chi connectivity index (χ4n) is 5.68. The Morgan fingerprint density at radius 1 is 0.872 bits per heavy atom. The Hall–Kier alpha value is -4.30. The summed E-state index contributed by atoms with van der Waals surface area (Å²) in [6.45, 7) is 10.2. The molecule has 1 fully saturated rings. The number of fused-ring (bicyclic) bond motifs is 1. The summed E-state index contributed by atoms with van der Waals surface area (Å²) in [7, 11) is 0. The van der Waals surface area contributed by atoms with Gasteiger partial charge in [0.05, 0.1) is 12.1 Å². The SMILES string of the molecule is Cc1cccc(N2CCN(C(c3cc4cccc(C)c4[nH]c3=O)c3nnnn3Cc3ccccc3)CC2)c1C. The number of para-hydroxylation sites is 1. The molecule has 0 amide bonds. The van der Waals surface area contributed by atoms with E-state index in [-0.39, 0.29) is 11.6 Å². The Kier molecular flexibility index (Phi) is 6.70. The van der Waals surface area contributed by atoms with Gasteiger partial charge in [0.25, 0.3) is 5.56 Å². The summed E-state index contributed by atoms with van der Waals surface area (Å²) < 4.78 is 1.83. The maximum absolute atomic E-state index is 13.6. The lowest BCUT2D eigenvalue weighted by molar-refractivity contribution is 0.200. The normalized spacial score (nSPS) is 15.1. The van der Waals surface area contributed by atoms with E-state index < -0.39 is 0 Å². The highest BCUT2D eigenvalue weighted by atomic mass is 16.1. The van der Waals surface area contributed by atoms with E-state index in [1.54, 1.807) is 0 Å². The van der Waals surface area contributed by atoms with Gasteiger partial charge in [-0.1, -0.05) is 60.7 Å². The zero-order valence-corrected chi connectivity index (χ0v) is 22.6. The summed E-state index contributed by atoms with van der Waals surface area (Å²) in [5, 5.41) is 13.9. The third kappa shape index (κ3) is 4.83. The van der Waals surface area contributed by atoms with Crippen molar-refractivity contribution >= 4 is 16.6 Å². The maximum atomic E-state index is 13.6. The second kappa shape index (κ2) is 10.5. The van der Waals surface area contributed by atoms with Crippen LogP contribution in [0.1, 0.15) is 39.7 Å². The molecule has 6 rings (SSSR count). The van der Waals surface area contributed by atoms with Crippen molar-refractivity contribution in [3.8, 4) is 0 Å². The van der Waals surface area contributed by atoms with Gasteiger partial charge in [-0.05, 0) is 71.0 Å². The van der Waals surface area contributed by atoms with Crippen molar-refractivity contribution in [1.29, 1.82) is 0 Å². The van der Waals surface area contributed by atoms with Gasteiger partial charge in [0.2, 0.25) is 0 Å². The highest BCUT2D eigenvalue weighted by Gasteiger charge is 2.33. The molecule has 2 aromatic heterocycles. The molecule has 0 radical (unpaired) electrons. The van der Waals surface area contributed by atoms with Crippen LogP contribution in [-0.2, 0) is 6.54 Å². The topological polar surface area (TPSA) is 82.9 Å². The third-order valence-corrected chi connectivity index (χ3v) is 7.99. The monoisotopic (exact) mass is 519 g/mol. The molecule has 1 unspecified atom stereocenters. The smallest absolute Gasteiger partial charge is 0.253 e. The molecule has 1 aliphatic heterocycles. The number of aromatic amines is 1. The molecule has 0 aliphatic carbocycles. The molecule has 39 heavy (non-hydrogen) atoms. The number of aromatic nitrogens is 5. The number of hydrogen-bond donors (Lipinski definition) is 1. The van der Waals surface area contributed by atoms with Crippen LogP contribution in [0, 0.1) is 20.8 Å². The highest BCUT2D eigenvalue weighted by molar-refractivity contribution is 5.82. The van der Waals surface area contributed by atoms with E-state index in [1.807, 2.05) is 54.1 Å². The van der Waals surface area contributed by atoms with Crippen LogP contribution < -0.4 is 10.5 Å². The molecule has 3 heterocycles. The standard InChI is InChI=1S/C31H33N7O/c1-21-9-8-14-27(23(21)3)36-15-17-37(18-16-36)29(26-19-25-13-7-10-22(2)28(25)32-31(26)39)30-33-34-35-38(30)20-24-11-5-4-6-12-24/h4-14,19,29H,15-18,20H2,1-3H3,(H,32,39). The predicted octanol–water partition coefficient (Wildman–Crippen LogP) is 4.40. The number of piperazine rings is 1. The maximum Gasteiger partial charge on any atom is 0.253 e. The molecule has 1 N–H and O–H groups in total. The molecule has 1 atom stereocenters. The second-order valence-corrected chi connectivity index (χ2v) is 10.4. The van der Waals surface area contributed by atoms with E-state index in [1.165, 1.54) is 16.8 Å². The van der Waals surface area contributed by atoms with Crippen LogP contribution in [0.4, 0.5) is 5.69 Å². The average molecular weight is 520 g/mol. The van der Waals surface area contributed by atoms with Gasteiger partial charge in [-0.15, -0.1) is 5.10 Å². The van der Waals surface area contributed by atoms with Crippen molar-refractivity contribution < 1.29 is 0 Å². The molecule has 0 spiro atoms. The summed E-state index contributed by atoms with van der Waals surface area (Å²) in [5.41, 5.74) is 7.47. The molecule has 0 saturated carbocycles. The van der Waals surface area contributed by atoms with Crippen molar-refractivity contribution in [3.05, 3.63) is 117 Å². The van der Waals surface area contributed by atoms with Crippen molar-refractivity contribution in [2.45, 2.75) is 33.4 Å². The molecule has 198 valence electrons. The van der Waals surface area contributed by atoms with E-state index in [4.69, 9.17) is 0 Å². The Labute approximate surface area is 227 Å². The van der Waals surface area contributed by atoms with Crippen molar-refractivity contribution in [2.24, 2.45) is 0 Å². The molecular weight excluding hydrogens is 486 g/mol. The van der Waals surface area contributed by atoms with Gasteiger partial charge in [0, 0.05) is 37.4 Å². The van der Waals surface area contributed by atoms with Gasteiger partial charge in [0.1, 0.15) is 6.04 Å². The first kappa shape index (κ1) is 25.0. The van der Waals surface area contributed by atoms with Crippen molar-refractivity contribution in [3.63, 3.8) is 0 Å². The molecular formula is C31H33N7O. The van der Waals surface area contributed by atoms with E-state index >= 15 is 0 Å². The fraction of sp³-hybridized carbons (Fsp3) is 0.290. The Bertz CT molecular complexity index is 1670. The van der Waals surface area contributed by atoms with Gasteiger partial charge >= 0.3 is 0 Å². The van der Waals surface area contributed by atoms with Gasteiger partial charge < -0.3 is 9.88 Å². The summed E-state index contributed by atoms with van der Waals surface area (Å²) in [6.07, 6.45) is 0. The number of tetrazole rings is 1. The lowest BCUT2D eigenvalue weighted by atomic mass is 10.0. The zero-order chi connectivity index (χ0) is 26.9. The molecule has 8 heteroatoms. The van der Waals surface area contributed by atoms with E-state index in [9.17, 15) is 4.79 Å². The average Bonchev–Trinajstić information content (AvgIpc) is 3.40. The fourth-order valence-corrected chi connectivity index (χ4v) is 5.68. The highest BCUT2D eigenvalue weighted by Crippen LogP contribution is 2.30. The number of rotatable bonds is 6. The Morgan fingerprint density at radius 3 is 2.41 bits per heavy atom. The summed E-state index contributed by atoms with van der Waals surface area (Å²) >= 11 is 0. The van der Waals surface area contributed by atoms with Crippen LogP contribution in [0.2, 0.25) is 0 Å². The zero-order valence-electron chi connectivity index (χ0n) is 22.6. The lowest BCUT2D eigenvalue weighted by Crippen LogP contribution is -2.49. The van der Waals surface area contributed by atoms with Crippen LogP contribution >= 0.6 is 0 Å². The van der Waals surface area contributed by atoms with Gasteiger partial charge in [-0.25, -0.2) is 4.68 Å². The third-order valence-electron chi connectivity index (χ3n) is 7.99. The van der Waals surface area contributed by atoms with Crippen LogP contribution in [0.15, 0.2) is 77.6 Å². The Balaban J connectivity index is 1.39. The predicted molar refractivity (Wildman–Crippen MR) is 154 cm³/mol. The number of anilines is 1. The van der Waals surface area contributed by atoms with Crippen LogP contribution in [0.25, 0.3) is 10.9 Å². The molecule has 1 aliphatic rings. The van der Waals surface area contributed by atoms with Crippen LogP contribution in [0.5, 0.6) is 0 Å². The van der Waals surface area contributed by atoms with Crippen LogP contribution in [-0.4, -0.2) is 56.3 Å². The van der Waals surface area contributed by atoms with Crippen molar-refractivity contribution in [1.82, 2.24) is 30.1 Å². The minimum Gasteiger partial charge on any atom is -0.369 e. The minimum atomic E-state index is -0.377. The van der Waals surface area contributed by atoms with Crippen LogP contribution in [0.3, 0.4) is 0 Å². The first-order valence-electron chi connectivity index (χ1n) is 13.5. The molecule has 3 aromatic carbocycles. The number of nitrogens with one attached hydrogen (secondary N) is 1. The summed E-state index contributed by atoms with van der Waals surface area (Å²) in [5.74, 6) is 0.677. The summed E-state index contributed by atoms with van der Waals surface area (Å²) in [4.78, 5) is 21.6. The molecule has 0 bridgehead atoms. The number of aryl methyl sites for hydroxylation is 2. The number of pyridine rings is 1. The van der Waals surface area contributed by atoms with Gasteiger partial charge in [-0.2, -0.15) is 0 Å². The quantitative estimate of drug-likeness (QED) is 0.358. The first-order valence-corrected chi connectivity index (χ1v) is 13.5. The van der Waals surface area contributed by atoms with Gasteiger partial charge in [-0.3, -0.25) is 9.69 Å². The molecule has 8 nitrogen and oxygen atoms in total. The van der Waals surface area contributed by atoms with E-state index in [2.05, 4.69) is 74.5 Å². The first-order chi connectivity index (χ1) is 19.0. The second-order valence-electron chi connectivity index (χ2n) is 10.4. The van der Waals surface area contributed by atoms with Crippen molar-refractivity contribution in [2.75, 3.05) is 31.1 Å². The number of hydrogen-bond acceptors (Lipinski definition) is 6. The largest absolute Gasteiger partial charge is 0.369 e. The van der Waals surface area contributed by atoms with E-state index in [0.717, 1.165) is 48.2 Å². The molecule has 1 saturated heterocycles. The molecule has 5 aromatic rings. The summed E-state index contributed by atoms with van der Waals surface area (Å²) in [6, 6.07) is 24.4. The van der Waals surface area contributed by atoms with Gasteiger partial charge in [0.15, 0.2) is 5.82 Å². The minimum absolute atomic E-state index is 0.104. The van der Waals surface area contributed by atoms with E-state index in [0.29, 0.717) is 17.9 Å².